The summed E-state index contributed by atoms with van der Waals surface area (Å²) in [4.78, 5) is 13.5. The maximum atomic E-state index is 12.0. The van der Waals surface area contributed by atoms with Crippen molar-refractivity contribution in [2.45, 2.75) is 11.8 Å². The molecule has 1 aliphatic heterocycles. The average Bonchev–Trinajstić information content (AvgIpc) is 2.45. The summed E-state index contributed by atoms with van der Waals surface area (Å²) in [6, 6.07) is 4.61. The van der Waals surface area contributed by atoms with Crippen molar-refractivity contribution in [2.75, 3.05) is 32.9 Å². The summed E-state index contributed by atoms with van der Waals surface area (Å²) in [6.45, 7) is 3.53. The van der Waals surface area contributed by atoms with Crippen LogP contribution in [0.15, 0.2) is 23.1 Å². The van der Waals surface area contributed by atoms with E-state index in [1.54, 1.807) is 17.9 Å². The molecule has 0 aliphatic carbocycles. The number of benzene rings is 1. The maximum Gasteiger partial charge on any atom is 0.264 e. The third-order valence-electron chi connectivity index (χ3n) is 3.08. The second kappa shape index (κ2) is 6.64. The van der Waals surface area contributed by atoms with E-state index < -0.39 is 9.05 Å². The van der Waals surface area contributed by atoms with E-state index in [-0.39, 0.29) is 23.2 Å². The van der Waals surface area contributed by atoms with Gasteiger partial charge in [0.25, 0.3) is 15.0 Å². The van der Waals surface area contributed by atoms with Crippen LogP contribution in [0.1, 0.15) is 5.56 Å². The molecule has 1 aromatic carbocycles. The van der Waals surface area contributed by atoms with Crippen molar-refractivity contribution in [3.8, 4) is 5.75 Å². The van der Waals surface area contributed by atoms with E-state index in [0.29, 0.717) is 26.3 Å². The number of halogens is 1. The highest BCUT2D eigenvalue weighted by Gasteiger charge is 2.20. The molecule has 0 spiro atoms. The molecule has 0 radical (unpaired) electrons. The van der Waals surface area contributed by atoms with Gasteiger partial charge in [-0.05, 0) is 24.6 Å². The molecular formula is C13H16ClNO5S. The van der Waals surface area contributed by atoms with Crippen LogP contribution < -0.4 is 4.74 Å². The van der Waals surface area contributed by atoms with Crippen molar-refractivity contribution < 1.29 is 22.7 Å². The highest BCUT2D eigenvalue weighted by Crippen LogP contribution is 2.28. The van der Waals surface area contributed by atoms with Gasteiger partial charge < -0.3 is 14.4 Å². The zero-order valence-electron chi connectivity index (χ0n) is 11.5. The highest BCUT2D eigenvalue weighted by atomic mass is 35.7. The number of morpholine rings is 1. The number of rotatable bonds is 4. The first-order valence-corrected chi connectivity index (χ1v) is 8.72. The summed E-state index contributed by atoms with van der Waals surface area (Å²) in [5.41, 5.74) is 0.737. The molecule has 0 unspecified atom stereocenters. The summed E-state index contributed by atoms with van der Waals surface area (Å²) in [5, 5.41) is 0. The van der Waals surface area contributed by atoms with E-state index in [4.69, 9.17) is 20.2 Å². The lowest BCUT2D eigenvalue weighted by Gasteiger charge is -2.26. The first-order valence-electron chi connectivity index (χ1n) is 6.41. The number of carbonyl (C=O) groups excluding carboxylic acids is 1. The van der Waals surface area contributed by atoms with E-state index in [9.17, 15) is 13.2 Å². The molecule has 0 bridgehead atoms. The highest BCUT2D eigenvalue weighted by molar-refractivity contribution is 8.13. The normalized spacial score (nSPS) is 15.8. The minimum Gasteiger partial charge on any atom is -0.482 e. The van der Waals surface area contributed by atoms with E-state index >= 15 is 0 Å². The molecule has 1 aliphatic rings. The van der Waals surface area contributed by atoms with Gasteiger partial charge in [0, 0.05) is 23.8 Å². The average molecular weight is 334 g/mol. The number of hydrogen-bond donors (Lipinski definition) is 0. The van der Waals surface area contributed by atoms with Crippen LogP contribution in [0.5, 0.6) is 5.75 Å². The molecule has 1 aromatic rings. The number of ether oxygens (including phenoxy) is 2. The lowest BCUT2D eigenvalue weighted by atomic mass is 10.2. The van der Waals surface area contributed by atoms with Crippen LogP contribution >= 0.6 is 10.7 Å². The number of hydrogen-bond acceptors (Lipinski definition) is 5. The predicted octanol–water partition coefficient (Wildman–Crippen LogP) is 1.16. The molecule has 2 rings (SSSR count). The molecule has 1 amide bonds. The monoisotopic (exact) mass is 333 g/mol. The Hall–Kier alpha value is -1.31. The zero-order valence-corrected chi connectivity index (χ0v) is 13.1. The van der Waals surface area contributed by atoms with Gasteiger partial charge in [-0.25, -0.2) is 8.42 Å². The minimum absolute atomic E-state index is 0.0807. The van der Waals surface area contributed by atoms with E-state index in [0.717, 1.165) is 5.56 Å². The first kappa shape index (κ1) is 16.1. The summed E-state index contributed by atoms with van der Waals surface area (Å²) in [5.74, 6) is -0.131. The molecule has 0 atom stereocenters. The summed E-state index contributed by atoms with van der Waals surface area (Å²) in [7, 11) is 1.45. The smallest absolute Gasteiger partial charge is 0.264 e. The Morgan fingerprint density at radius 3 is 2.67 bits per heavy atom. The predicted molar refractivity (Wildman–Crippen MR) is 77.1 cm³/mol. The van der Waals surface area contributed by atoms with Crippen molar-refractivity contribution >= 4 is 25.6 Å². The quantitative estimate of drug-likeness (QED) is 0.773. The fourth-order valence-electron chi connectivity index (χ4n) is 1.97. The zero-order chi connectivity index (χ0) is 15.5. The Labute approximate surface area is 128 Å². The second-order valence-corrected chi connectivity index (χ2v) is 7.20. The molecule has 0 N–H and O–H groups in total. The molecule has 116 valence electrons. The fourth-order valence-corrected chi connectivity index (χ4v) is 3.02. The third-order valence-corrected chi connectivity index (χ3v) is 4.42. The topological polar surface area (TPSA) is 72.9 Å². The summed E-state index contributed by atoms with van der Waals surface area (Å²) in [6.07, 6.45) is 0. The lowest BCUT2D eigenvalue weighted by molar-refractivity contribution is -0.137. The Kier molecular flexibility index (Phi) is 5.08. The standard InChI is InChI=1S/C13H16ClNO5S/c1-10-2-3-11(12(8-10)21(14,17)18)20-9-13(16)15-4-6-19-7-5-15/h2-3,8H,4-7,9H2,1H3. The molecule has 1 heterocycles. The van der Waals surface area contributed by atoms with Gasteiger partial charge in [-0.3, -0.25) is 4.79 Å². The summed E-state index contributed by atoms with van der Waals surface area (Å²) >= 11 is 0. The van der Waals surface area contributed by atoms with Crippen molar-refractivity contribution in [3.05, 3.63) is 23.8 Å². The van der Waals surface area contributed by atoms with Gasteiger partial charge in [0.15, 0.2) is 6.61 Å². The number of nitrogens with zero attached hydrogens (tertiary/aromatic N) is 1. The molecule has 6 nitrogen and oxygen atoms in total. The Bertz CT molecular complexity index is 625. The van der Waals surface area contributed by atoms with Crippen LogP contribution in [0.4, 0.5) is 0 Å². The number of carbonyl (C=O) groups is 1. The Morgan fingerprint density at radius 2 is 2.05 bits per heavy atom. The SMILES string of the molecule is Cc1ccc(OCC(=O)N2CCOCC2)c(S(=O)(=O)Cl)c1. The van der Waals surface area contributed by atoms with Gasteiger partial charge >= 0.3 is 0 Å². The van der Waals surface area contributed by atoms with Crippen molar-refractivity contribution in [2.24, 2.45) is 0 Å². The van der Waals surface area contributed by atoms with E-state index in [2.05, 4.69) is 0 Å². The van der Waals surface area contributed by atoms with Gasteiger partial charge in [-0.15, -0.1) is 0 Å². The van der Waals surface area contributed by atoms with Gasteiger partial charge in [0.05, 0.1) is 13.2 Å². The molecule has 1 fully saturated rings. The van der Waals surface area contributed by atoms with Crippen molar-refractivity contribution in [1.29, 1.82) is 0 Å². The molecule has 21 heavy (non-hydrogen) atoms. The molecule has 0 saturated carbocycles. The number of aryl methyl sites for hydroxylation is 1. The lowest BCUT2D eigenvalue weighted by Crippen LogP contribution is -2.43. The third kappa shape index (κ3) is 4.33. The van der Waals surface area contributed by atoms with Gasteiger partial charge in [0.2, 0.25) is 0 Å². The molecule has 8 heteroatoms. The van der Waals surface area contributed by atoms with Crippen LogP contribution in [-0.4, -0.2) is 52.1 Å². The van der Waals surface area contributed by atoms with Gasteiger partial charge in [0.1, 0.15) is 10.6 Å². The van der Waals surface area contributed by atoms with Crippen LogP contribution in [0.25, 0.3) is 0 Å². The van der Waals surface area contributed by atoms with Crippen molar-refractivity contribution in [1.82, 2.24) is 4.90 Å². The van der Waals surface area contributed by atoms with Crippen molar-refractivity contribution in [3.63, 3.8) is 0 Å². The van der Waals surface area contributed by atoms with Crippen LogP contribution in [0, 0.1) is 6.92 Å². The van der Waals surface area contributed by atoms with Crippen LogP contribution in [0.3, 0.4) is 0 Å². The van der Waals surface area contributed by atoms with E-state index in [1.807, 2.05) is 0 Å². The van der Waals surface area contributed by atoms with Gasteiger partial charge in [-0.1, -0.05) is 6.07 Å². The second-order valence-electron chi connectivity index (χ2n) is 4.67. The first-order chi connectivity index (χ1) is 9.88. The largest absolute Gasteiger partial charge is 0.482 e. The minimum atomic E-state index is -3.93. The molecule has 0 aromatic heterocycles. The Balaban J connectivity index is 2.08. The van der Waals surface area contributed by atoms with Crippen LogP contribution in [-0.2, 0) is 18.6 Å². The molecule has 1 saturated heterocycles. The van der Waals surface area contributed by atoms with Gasteiger partial charge in [-0.2, -0.15) is 0 Å². The van der Waals surface area contributed by atoms with Crippen LogP contribution in [0.2, 0.25) is 0 Å². The maximum absolute atomic E-state index is 12.0. The van der Waals surface area contributed by atoms with E-state index in [1.165, 1.54) is 12.1 Å². The number of amides is 1. The molecular weight excluding hydrogens is 318 g/mol. The Morgan fingerprint density at radius 1 is 1.38 bits per heavy atom. The summed E-state index contributed by atoms with van der Waals surface area (Å²) < 4.78 is 33.5. The fraction of sp³-hybridized carbons (Fsp3) is 0.462.